The van der Waals surface area contributed by atoms with Crippen molar-refractivity contribution in [3.8, 4) is 11.1 Å². The number of hydrogen-bond donors (Lipinski definition) is 4. The Hall–Kier alpha value is -5.60. The molecule has 1 aliphatic rings. The zero-order valence-corrected chi connectivity index (χ0v) is 36.5. The molecule has 12 heteroatoms. The summed E-state index contributed by atoms with van der Waals surface area (Å²) < 4.78 is 43.0. The van der Waals surface area contributed by atoms with E-state index in [2.05, 4.69) is 28.3 Å². The van der Waals surface area contributed by atoms with Gasteiger partial charge in [0.2, 0.25) is 21.8 Å². The Labute approximate surface area is 368 Å². The third-order valence-electron chi connectivity index (χ3n) is 10.8. The number of ether oxygens (including phenoxy) is 2. The van der Waals surface area contributed by atoms with E-state index < -0.39 is 28.3 Å². The minimum absolute atomic E-state index is 0.00217. The molecule has 0 aromatic heterocycles. The second-order valence-corrected chi connectivity index (χ2v) is 18.4. The first-order valence-electron chi connectivity index (χ1n) is 20.5. The summed E-state index contributed by atoms with van der Waals surface area (Å²) in [5.41, 5.74) is 7.87. The Kier molecular flexibility index (Phi) is 14.7. The first kappa shape index (κ1) is 44.5. The Bertz CT molecular complexity index is 2550. The van der Waals surface area contributed by atoms with Crippen LogP contribution in [0.15, 0.2) is 161 Å². The van der Waals surface area contributed by atoms with Gasteiger partial charge in [0.1, 0.15) is 6.04 Å². The number of aliphatic hydroxyl groups excluding tert-OH is 1. The maximum atomic E-state index is 13.8. The van der Waals surface area contributed by atoms with E-state index in [1.54, 1.807) is 23.9 Å². The molecule has 0 spiro atoms. The largest absolute Gasteiger partial charge is 0.392 e. The molecule has 0 aliphatic carbocycles. The van der Waals surface area contributed by atoms with Crippen molar-refractivity contribution >= 4 is 39.3 Å². The van der Waals surface area contributed by atoms with Gasteiger partial charge in [-0.05, 0) is 95.3 Å². The van der Waals surface area contributed by atoms with E-state index >= 15 is 0 Å². The van der Waals surface area contributed by atoms with Gasteiger partial charge in [-0.3, -0.25) is 9.59 Å². The number of aryl methyl sites for hydroxylation is 1. The smallest absolute Gasteiger partial charge is 0.241 e. The van der Waals surface area contributed by atoms with E-state index in [-0.39, 0.29) is 48.5 Å². The van der Waals surface area contributed by atoms with Crippen molar-refractivity contribution in [3.63, 3.8) is 0 Å². The maximum absolute atomic E-state index is 13.8. The average molecular weight is 870 g/mol. The van der Waals surface area contributed by atoms with Crippen molar-refractivity contribution in [2.75, 3.05) is 11.1 Å². The summed E-state index contributed by atoms with van der Waals surface area (Å²) in [4.78, 5) is 26.4. The fourth-order valence-electron chi connectivity index (χ4n) is 7.37. The molecule has 1 fully saturated rings. The number of thioether (sulfide) groups is 1. The van der Waals surface area contributed by atoms with E-state index in [0.717, 1.165) is 55.1 Å². The molecule has 4 N–H and O–H groups in total. The number of amides is 2. The number of anilines is 1. The van der Waals surface area contributed by atoms with E-state index in [0.29, 0.717) is 5.75 Å². The van der Waals surface area contributed by atoms with Crippen LogP contribution in [0.4, 0.5) is 5.69 Å². The summed E-state index contributed by atoms with van der Waals surface area (Å²) in [6, 6.07) is 46.3. The monoisotopic (exact) mass is 869 g/mol. The van der Waals surface area contributed by atoms with E-state index in [1.807, 2.05) is 128 Å². The van der Waals surface area contributed by atoms with E-state index in [9.17, 15) is 23.1 Å². The van der Waals surface area contributed by atoms with Crippen LogP contribution >= 0.6 is 11.8 Å². The molecular formula is C50H51N3O7S2. The molecule has 62 heavy (non-hydrogen) atoms. The van der Waals surface area contributed by atoms with Crippen LogP contribution in [0.1, 0.15) is 59.6 Å². The number of aliphatic hydroxyl groups is 1. The van der Waals surface area contributed by atoms with Gasteiger partial charge in [-0.15, -0.1) is 11.8 Å². The maximum Gasteiger partial charge on any atom is 0.241 e. The topological polar surface area (TPSA) is 143 Å². The molecule has 5 unspecified atom stereocenters. The molecule has 7 rings (SSSR count). The number of rotatable bonds is 16. The average Bonchev–Trinajstić information content (AvgIpc) is 3.28. The summed E-state index contributed by atoms with van der Waals surface area (Å²) in [5, 5.41) is 15.5. The van der Waals surface area contributed by atoms with Gasteiger partial charge in [0, 0.05) is 41.3 Å². The minimum atomic E-state index is -3.98. The van der Waals surface area contributed by atoms with Crippen molar-refractivity contribution < 1.29 is 32.6 Å². The van der Waals surface area contributed by atoms with E-state index in [1.165, 1.54) is 19.1 Å². The highest BCUT2D eigenvalue weighted by Gasteiger charge is 2.38. The molecule has 5 atom stereocenters. The van der Waals surface area contributed by atoms with Crippen LogP contribution in [-0.4, -0.2) is 43.2 Å². The standard InChI is InChI=1S/C50H51N3O7S2/c1-33-15-25-45(26-16-33)62(57,58)53-46(28-36-9-5-4-6-10-36)49(56)51-30-38-11-7-12-40(27-38)41-13-8-14-42(29-41)50-59-47(32-61-44-23-21-43(22-24-44)52-35(3)55)34(2)48(60-50)39-19-17-37(31-54)18-20-39/h4-27,29,34,46-48,50,53-54H,28,30-32H2,1-3H3,(H,51,56)(H,52,55). The molecule has 6 aromatic rings. The van der Waals surface area contributed by atoms with Gasteiger partial charge in [0.25, 0.3) is 0 Å². The Balaban J connectivity index is 1.07. The van der Waals surface area contributed by atoms with Crippen LogP contribution < -0.4 is 15.4 Å². The molecule has 1 saturated heterocycles. The van der Waals surface area contributed by atoms with Crippen molar-refractivity contribution in [2.24, 2.45) is 5.92 Å². The van der Waals surface area contributed by atoms with Crippen molar-refractivity contribution in [3.05, 3.63) is 185 Å². The summed E-state index contributed by atoms with van der Waals surface area (Å²) >= 11 is 1.68. The first-order chi connectivity index (χ1) is 29.9. The van der Waals surface area contributed by atoms with Gasteiger partial charge in [0.05, 0.1) is 23.7 Å². The quantitative estimate of drug-likeness (QED) is 0.0707. The third-order valence-corrected chi connectivity index (χ3v) is 13.4. The highest BCUT2D eigenvalue weighted by Crippen LogP contribution is 2.43. The van der Waals surface area contributed by atoms with Crippen LogP contribution in [0.3, 0.4) is 0 Å². The third kappa shape index (κ3) is 11.6. The summed E-state index contributed by atoms with van der Waals surface area (Å²) in [5.74, 6) is 0.108. The molecule has 6 aromatic carbocycles. The molecule has 320 valence electrons. The second-order valence-electron chi connectivity index (χ2n) is 15.6. The molecular weight excluding hydrogens is 819 g/mol. The summed E-state index contributed by atoms with van der Waals surface area (Å²) in [6.45, 7) is 5.64. The lowest BCUT2D eigenvalue weighted by Gasteiger charge is -2.41. The number of carbonyl (C=O) groups is 2. The van der Waals surface area contributed by atoms with Gasteiger partial charge >= 0.3 is 0 Å². The Morgan fingerprint density at radius 3 is 2.11 bits per heavy atom. The predicted octanol–water partition coefficient (Wildman–Crippen LogP) is 8.90. The number of nitrogens with one attached hydrogen (secondary N) is 3. The summed E-state index contributed by atoms with van der Waals surface area (Å²) in [7, 11) is -3.98. The first-order valence-corrected chi connectivity index (χ1v) is 23.0. The Morgan fingerprint density at radius 1 is 0.742 bits per heavy atom. The molecule has 10 nitrogen and oxygen atoms in total. The molecule has 2 amide bonds. The van der Waals surface area contributed by atoms with E-state index in [4.69, 9.17) is 9.47 Å². The Morgan fingerprint density at radius 2 is 1.42 bits per heavy atom. The van der Waals surface area contributed by atoms with Gasteiger partial charge in [-0.2, -0.15) is 4.72 Å². The van der Waals surface area contributed by atoms with Crippen LogP contribution in [-0.2, 0) is 48.7 Å². The van der Waals surface area contributed by atoms with Crippen LogP contribution in [0.5, 0.6) is 0 Å². The summed E-state index contributed by atoms with van der Waals surface area (Å²) in [6.07, 6.45) is -0.958. The lowest BCUT2D eigenvalue weighted by atomic mass is 9.91. The fraction of sp³-hybridized carbons (Fsp3) is 0.240. The molecule has 1 heterocycles. The normalized spacial score (nSPS) is 18.1. The number of carbonyl (C=O) groups excluding carboxylic acids is 2. The fourth-order valence-corrected chi connectivity index (χ4v) is 9.64. The van der Waals surface area contributed by atoms with Crippen molar-refractivity contribution in [1.29, 1.82) is 0 Å². The van der Waals surface area contributed by atoms with Gasteiger partial charge in [-0.1, -0.05) is 116 Å². The highest BCUT2D eigenvalue weighted by atomic mass is 32.2. The van der Waals surface area contributed by atoms with Crippen LogP contribution in [0, 0.1) is 12.8 Å². The minimum Gasteiger partial charge on any atom is -0.392 e. The van der Waals surface area contributed by atoms with Gasteiger partial charge in [-0.25, -0.2) is 8.42 Å². The number of sulfonamides is 1. The second kappa shape index (κ2) is 20.5. The zero-order valence-electron chi connectivity index (χ0n) is 34.9. The highest BCUT2D eigenvalue weighted by molar-refractivity contribution is 7.99. The predicted molar refractivity (Wildman–Crippen MR) is 244 cm³/mol. The van der Waals surface area contributed by atoms with Gasteiger partial charge in [0.15, 0.2) is 6.29 Å². The van der Waals surface area contributed by atoms with Gasteiger partial charge < -0.3 is 25.2 Å². The molecule has 0 saturated carbocycles. The molecule has 1 aliphatic heterocycles. The lowest BCUT2D eigenvalue weighted by molar-refractivity contribution is -0.268. The number of hydrogen-bond acceptors (Lipinski definition) is 8. The number of benzene rings is 6. The van der Waals surface area contributed by atoms with Crippen molar-refractivity contribution in [1.82, 2.24) is 10.0 Å². The van der Waals surface area contributed by atoms with Crippen LogP contribution in [0.2, 0.25) is 0 Å². The molecule has 0 radical (unpaired) electrons. The lowest BCUT2D eigenvalue weighted by Crippen LogP contribution is -2.47. The molecule has 0 bridgehead atoms. The SMILES string of the molecule is CC(=O)Nc1ccc(SCC2OC(c3cccc(-c4cccc(CNC(=O)C(Cc5ccccc5)NS(=O)(=O)c5ccc(C)cc5)c4)c3)OC(c3ccc(CO)cc3)C2C)cc1. The zero-order chi connectivity index (χ0) is 43.6. The van der Waals surface area contributed by atoms with Crippen molar-refractivity contribution in [2.45, 2.75) is 74.7 Å². The van der Waals surface area contributed by atoms with Crippen LogP contribution in [0.25, 0.3) is 11.1 Å².